The van der Waals surface area contributed by atoms with Crippen LogP contribution in [0.5, 0.6) is 5.75 Å². The molecule has 0 atom stereocenters. The van der Waals surface area contributed by atoms with Crippen molar-refractivity contribution in [2.24, 2.45) is 5.84 Å². The Bertz CT molecular complexity index is 567. The minimum Gasteiger partial charge on any atom is -0.496 e. The molecule has 6 heteroatoms. The minimum absolute atomic E-state index is 0.605. The number of rotatable bonds is 4. The van der Waals surface area contributed by atoms with Gasteiger partial charge in [-0.3, -0.25) is 0 Å². The maximum absolute atomic E-state index is 5.43. The van der Waals surface area contributed by atoms with Crippen LogP contribution in [0.2, 0.25) is 0 Å². The summed E-state index contributed by atoms with van der Waals surface area (Å²) >= 11 is 3.45. The Morgan fingerprint density at radius 2 is 2.11 bits per heavy atom. The highest BCUT2D eigenvalue weighted by molar-refractivity contribution is 9.10. The fourth-order valence-electron chi connectivity index (χ4n) is 1.69. The number of benzene rings is 1. The number of aryl methyl sites for hydroxylation is 1. The molecule has 1 aromatic carbocycles. The molecule has 0 saturated heterocycles. The number of nitrogens with one attached hydrogen (secondary N) is 1. The fourth-order valence-corrected chi connectivity index (χ4v) is 2.23. The molecule has 0 aliphatic heterocycles. The topological polar surface area (TPSA) is 73.1 Å². The highest BCUT2D eigenvalue weighted by atomic mass is 79.9. The van der Waals surface area contributed by atoms with Gasteiger partial charge in [0.1, 0.15) is 11.6 Å². The van der Waals surface area contributed by atoms with E-state index in [2.05, 4.69) is 31.3 Å². The van der Waals surface area contributed by atoms with Crippen LogP contribution in [-0.2, 0) is 6.42 Å². The van der Waals surface area contributed by atoms with Crippen molar-refractivity contribution >= 4 is 21.7 Å². The largest absolute Gasteiger partial charge is 0.496 e. The highest BCUT2D eigenvalue weighted by Crippen LogP contribution is 2.29. The Kier molecular flexibility index (Phi) is 4.34. The molecule has 1 heterocycles. The third kappa shape index (κ3) is 3.02. The van der Waals surface area contributed by atoms with E-state index in [0.29, 0.717) is 11.6 Å². The highest BCUT2D eigenvalue weighted by Gasteiger charge is 2.08. The van der Waals surface area contributed by atoms with Crippen LogP contribution < -0.4 is 16.0 Å². The van der Waals surface area contributed by atoms with E-state index in [4.69, 9.17) is 10.6 Å². The van der Waals surface area contributed by atoms with Gasteiger partial charge in [0.2, 0.25) is 0 Å². The van der Waals surface area contributed by atoms with Crippen molar-refractivity contribution in [1.29, 1.82) is 0 Å². The second kappa shape index (κ2) is 5.99. The first kappa shape index (κ1) is 13.8. The predicted molar refractivity (Wildman–Crippen MR) is 78.9 cm³/mol. The molecule has 0 aliphatic carbocycles. The lowest BCUT2D eigenvalue weighted by atomic mass is 10.2. The predicted octanol–water partition coefficient (Wildman–Crippen LogP) is 2.76. The summed E-state index contributed by atoms with van der Waals surface area (Å²) in [5.41, 5.74) is 4.40. The number of methoxy groups -OCH3 is 1. The van der Waals surface area contributed by atoms with Crippen LogP contribution in [0.25, 0.3) is 11.4 Å². The Morgan fingerprint density at radius 1 is 1.32 bits per heavy atom. The molecular formula is C13H15BrN4O. The standard InChI is InChI=1S/C13H15BrN4O/c1-3-9-7-12(18-15)17-13(16-9)8-4-5-11(19-2)10(14)6-8/h4-7H,3,15H2,1-2H3,(H,16,17,18). The number of halogens is 1. The average molecular weight is 323 g/mol. The summed E-state index contributed by atoms with van der Waals surface area (Å²) in [5, 5.41) is 0. The molecule has 0 unspecified atom stereocenters. The fraction of sp³-hybridized carbons (Fsp3) is 0.231. The maximum Gasteiger partial charge on any atom is 0.161 e. The molecule has 0 fully saturated rings. The Hall–Kier alpha value is -1.66. The maximum atomic E-state index is 5.43. The Morgan fingerprint density at radius 3 is 2.68 bits per heavy atom. The molecule has 0 radical (unpaired) electrons. The van der Waals surface area contributed by atoms with Crippen molar-refractivity contribution in [3.05, 3.63) is 34.4 Å². The van der Waals surface area contributed by atoms with Crippen molar-refractivity contribution < 1.29 is 4.74 Å². The van der Waals surface area contributed by atoms with Gasteiger partial charge in [0.15, 0.2) is 5.82 Å². The van der Waals surface area contributed by atoms with E-state index >= 15 is 0 Å². The Balaban J connectivity index is 2.48. The van der Waals surface area contributed by atoms with E-state index in [0.717, 1.165) is 27.9 Å². The summed E-state index contributed by atoms with van der Waals surface area (Å²) in [6, 6.07) is 7.55. The molecular weight excluding hydrogens is 308 g/mol. The van der Waals surface area contributed by atoms with Crippen LogP contribution in [0.4, 0.5) is 5.82 Å². The van der Waals surface area contributed by atoms with Crippen LogP contribution >= 0.6 is 15.9 Å². The van der Waals surface area contributed by atoms with E-state index < -0.39 is 0 Å². The first-order valence-electron chi connectivity index (χ1n) is 5.86. The number of nitrogens with zero attached hydrogens (tertiary/aromatic N) is 2. The lowest BCUT2D eigenvalue weighted by Gasteiger charge is -2.08. The number of anilines is 1. The Labute approximate surface area is 120 Å². The summed E-state index contributed by atoms with van der Waals surface area (Å²) in [6.45, 7) is 2.04. The van der Waals surface area contributed by atoms with E-state index in [9.17, 15) is 0 Å². The number of ether oxygens (including phenoxy) is 1. The molecule has 0 bridgehead atoms. The van der Waals surface area contributed by atoms with Crippen LogP contribution in [0.15, 0.2) is 28.7 Å². The van der Waals surface area contributed by atoms with E-state index in [1.807, 2.05) is 31.2 Å². The van der Waals surface area contributed by atoms with Gasteiger partial charge >= 0.3 is 0 Å². The van der Waals surface area contributed by atoms with Gasteiger partial charge in [-0.05, 0) is 40.5 Å². The molecule has 0 amide bonds. The molecule has 5 nitrogen and oxygen atoms in total. The number of hydrogen-bond acceptors (Lipinski definition) is 5. The van der Waals surface area contributed by atoms with E-state index in [-0.39, 0.29) is 0 Å². The molecule has 2 aromatic rings. The monoisotopic (exact) mass is 322 g/mol. The van der Waals surface area contributed by atoms with Crippen molar-refractivity contribution in [3.8, 4) is 17.1 Å². The second-order valence-corrected chi connectivity index (χ2v) is 4.77. The van der Waals surface area contributed by atoms with Gasteiger partial charge in [0.25, 0.3) is 0 Å². The molecule has 3 N–H and O–H groups in total. The normalized spacial score (nSPS) is 10.3. The van der Waals surface area contributed by atoms with Crippen LogP contribution in [0.3, 0.4) is 0 Å². The first-order chi connectivity index (χ1) is 9.17. The zero-order valence-corrected chi connectivity index (χ0v) is 12.4. The summed E-state index contributed by atoms with van der Waals surface area (Å²) in [6.07, 6.45) is 0.821. The molecule has 1 aromatic heterocycles. The van der Waals surface area contributed by atoms with Crippen molar-refractivity contribution in [2.75, 3.05) is 12.5 Å². The summed E-state index contributed by atoms with van der Waals surface area (Å²) in [7, 11) is 1.63. The summed E-state index contributed by atoms with van der Waals surface area (Å²) in [4.78, 5) is 8.86. The number of aromatic nitrogens is 2. The number of hydrazine groups is 1. The van der Waals surface area contributed by atoms with Crippen molar-refractivity contribution in [2.45, 2.75) is 13.3 Å². The average Bonchev–Trinajstić information content (AvgIpc) is 2.46. The van der Waals surface area contributed by atoms with Crippen LogP contribution in [0.1, 0.15) is 12.6 Å². The van der Waals surface area contributed by atoms with Crippen molar-refractivity contribution in [1.82, 2.24) is 9.97 Å². The summed E-state index contributed by atoms with van der Waals surface area (Å²) < 4.78 is 6.07. The number of nitrogen functional groups attached to an aromatic ring is 1. The lowest BCUT2D eigenvalue weighted by molar-refractivity contribution is 0.412. The third-order valence-corrected chi connectivity index (χ3v) is 3.32. The second-order valence-electron chi connectivity index (χ2n) is 3.92. The zero-order chi connectivity index (χ0) is 13.8. The molecule has 19 heavy (non-hydrogen) atoms. The van der Waals surface area contributed by atoms with Gasteiger partial charge in [-0.15, -0.1) is 0 Å². The van der Waals surface area contributed by atoms with Crippen LogP contribution in [-0.4, -0.2) is 17.1 Å². The van der Waals surface area contributed by atoms with Gasteiger partial charge in [0, 0.05) is 17.3 Å². The summed E-state index contributed by atoms with van der Waals surface area (Å²) in [5.74, 6) is 7.44. The molecule has 0 saturated carbocycles. The van der Waals surface area contributed by atoms with E-state index in [1.54, 1.807) is 7.11 Å². The van der Waals surface area contributed by atoms with Gasteiger partial charge < -0.3 is 10.2 Å². The van der Waals surface area contributed by atoms with Gasteiger partial charge in [-0.2, -0.15) is 0 Å². The SMILES string of the molecule is CCc1cc(NN)nc(-c2ccc(OC)c(Br)c2)n1. The molecule has 2 rings (SSSR count). The van der Waals surface area contributed by atoms with Gasteiger partial charge in [-0.25, -0.2) is 15.8 Å². The molecule has 0 spiro atoms. The zero-order valence-electron chi connectivity index (χ0n) is 10.8. The van der Waals surface area contributed by atoms with Crippen LogP contribution in [0, 0.1) is 0 Å². The smallest absolute Gasteiger partial charge is 0.161 e. The van der Waals surface area contributed by atoms with Gasteiger partial charge in [-0.1, -0.05) is 6.92 Å². The quantitative estimate of drug-likeness (QED) is 0.669. The minimum atomic E-state index is 0.605. The van der Waals surface area contributed by atoms with E-state index in [1.165, 1.54) is 0 Å². The van der Waals surface area contributed by atoms with Crippen molar-refractivity contribution in [3.63, 3.8) is 0 Å². The molecule has 100 valence electrons. The lowest BCUT2D eigenvalue weighted by Crippen LogP contribution is -2.10. The third-order valence-electron chi connectivity index (χ3n) is 2.70. The number of hydrogen-bond donors (Lipinski definition) is 2. The number of nitrogens with two attached hydrogens (primary N) is 1. The van der Waals surface area contributed by atoms with Gasteiger partial charge in [0.05, 0.1) is 11.6 Å². The molecule has 0 aliphatic rings. The first-order valence-corrected chi connectivity index (χ1v) is 6.65.